The Bertz CT molecular complexity index is 364. The number of anilines is 1. The molecule has 1 aromatic carbocycles. The van der Waals surface area contributed by atoms with Gasteiger partial charge in [0.15, 0.2) is 0 Å². The molecular weight excluding hydrogens is 288 g/mol. The Balaban J connectivity index is 2.89. The maximum atomic E-state index is 3.60. The molecule has 1 rings (SSSR count). The van der Waals surface area contributed by atoms with Crippen LogP contribution in [0.4, 0.5) is 5.69 Å². The third-order valence-electron chi connectivity index (χ3n) is 3.03. The molecule has 0 saturated carbocycles. The molecule has 0 aromatic heterocycles. The number of aryl methyl sites for hydroxylation is 1. The maximum absolute atomic E-state index is 3.60. The molecule has 0 N–H and O–H groups in total. The number of halogens is 1. The van der Waals surface area contributed by atoms with Gasteiger partial charge in [-0.05, 0) is 39.1 Å². The van der Waals surface area contributed by atoms with Gasteiger partial charge in [0, 0.05) is 30.7 Å². The third-order valence-corrected chi connectivity index (χ3v) is 3.63. The number of benzene rings is 1. The van der Waals surface area contributed by atoms with Crippen LogP contribution < -0.4 is 4.90 Å². The summed E-state index contributed by atoms with van der Waals surface area (Å²) >= 11 is 3.60. The Morgan fingerprint density at radius 1 is 1.11 bits per heavy atom. The molecule has 2 nitrogen and oxygen atoms in total. The average Bonchev–Trinajstić information content (AvgIpc) is 2.34. The first kappa shape index (κ1) is 15.5. The number of hydrogen-bond donors (Lipinski definition) is 0. The second-order valence-electron chi connectivity index (χ2n) is 5.06. The molecule has 0 aliphatic heterocycles. The van der Waals surface area contributed by atoms with Gasteiger partial charge >= 0.3 is 0 Å². The molecule has 3 heteroatoms. The predicted octanol–water partition coefficient (Wildman–Crippen LogP) is 3.67. The van der Waals surface area contributed by atoms with Gasteiger partial charge in [0.25, 0.3) is 0 Å². The van der Waals surface area contributed by atoms with E-state index in [1.807, 2.05) is 0 Å². The fourth-order valence-corrected chi connectivity index (χ4v) is 2.52. The summed E-state index contributed by atoms with van der Waals surface area (Å²) in [6.45, 7) is 7.70. The maximum Gasteiger partial charge on any atom is 0.0407 e. The van der Waals surface area contributed by atoms with Gasteiger partial charge in [0.1, 0.15) is 0 Å². The van der Waals surface area contributed by atoms with Crippen LogP contribution in [-0.4, -0.2) is 38.6 Å². The van der Waals surface area contributed by atoms with Crippen molar-refractivity contribution in [3.8, 4) is 0 Å². The summed E-state index contributed by atoms with van der Waals surface area (Å²) in [5, 5.41) is 0.923. The fraction of sp³-hybridized carbons (Fsp3) is 0.600. The Labute approximate surface area is 120 Å². The van der Waals surface area contributed by atoms with Crippen molar-refractivity contribution in [3.63, 3.8) is 0 Å². The molecule has 0 amide bonds. The highest BCUT2D eigenvalue weighted by atomic mass is 79.9. The van der Waals surface area contributed by atoms with E-state index < -0.39 is 0 Å². The van der Waals surface area contributed by atoms with Gasteiger partial charge in [0.05, 0.1) is 0 Å². The summed E-state index contributed by atoms with van der Waals surface area (Å²) in [6, 6.07) is 6.75. The average molecular weight is 313 g/mol. The van der Waals surface area contributed by atoms with E-state index in [0.717, 1.165) is 25.0 Å². The van der Waals surface area contributed by atoms with Gasteiger partial charge in [-0.2, -0.15) is 0 Å². The minimum atomic E-state index is 0.923. The molecule has 0 radical (unpaired) electrons. The lowest BCUT2D eigenvalue weighted by molar-refractivity contribution is 0.413. The fourth-order valence-electron chi connectivity index (χ4n) is 2.07. The third kappa shape index (κ3) is 4.62. The Hall–Kier alpha value is -0.540. The predicted molar refractivity (Wildman–Crippen MR) is 84.9 cm³/mol. The second-order valence-corrected chi connectivity index (χ2v) is 5.62. The van der Waals surface area contributed by atoms with Crippen LogP contribution in [0.15, 0.2) is 18.2 Å². The lowest BCUT2D eigenvalue weighted by Gasteiger charge is -2.28. The lowest BCUT2D eigenvalue weighted by Crippen LogP contribution is -2.32. The Kier molecular flexibility index (Phi) is 6.72. The van der Waals surface area contributed by atoms with Gasteiger partial charge in [-0.3, -0.25) is 0 Å². The van der Waals surface area contributed by atoms with Crippen molar-refractivity contribution in [2.45, 2.75) is 25.6 Å². The van der Waals surface area contributed by atoms with E-state index in [2.05, 4.69) is 71.9 Å². The van der Waals surface area contributed by atoms with E-state index in [4.69, 9.17) is 0 Å². The molecule has 0 unspecified atom stereocenters. The van der Waals surface area contributed by atoms with Crippen LogP contribution >= 0.6 is 15.9 Å². The quantitative estimate of drug-likeness (QED) is 0.709. The number of nitrogens with zero attached hydrogens (tertiary/aromatic N) is 2. The van der Waals surface area contributed by atoms with Crippen LogP contribution in [0.25, 0.3) is 0 Å². The molecule has 0 heterocycles. The molecule has 1 aromatic rings. The second kappa shape index (κ2) is 7.80. The van der Waals surface area contributed by atoms with Crippen molar-refractivity contribution in [2.24, 2.45) is 0 Å². The van der Waals surface area contributed by atoms with E-state index in [1.54, 1.807) is 0 Å². The van der Waals surface area contributed by atoms with Crippen molar-refractivity contribution >= 4 is 21.6 Å². The van der Waals surface area contributed by atoms with E-state index in [1.165, 1.54) is 23.2 Å². The molecular formula is C15H25BrN2. The van der Waals surface area contributed by atoms with Crippen LogP contribution in [0.3, 0.4) is 0 Å². The summed E-state index contributed by atoms with van der Waals surface area (Å²) < 4.78 is 0. The monoisotopic (exact) mass is 312 g/mol. The molecule has 0 aliphatic rings. The van der Waals surface area contributed by atoms with E-state index in [9.17, 15) is 0 Å². The van der Waals surface area contributed by atoms with Crippen molar-refractivity contribution in [2.75, 3.05) is 38.6 Å². The summed E-state index contributed by atoms with van der Waals surface area (Å²) in [5.74, 6) is 0. The van der Waals surface area contributed by atoms with Crippen molar-refractivity contribution in [1.82, 2.24) is 4.90 Å². The van der Waals surface area contributed by atoms with Crippen LogP contribution in [0.1, 0.15) is 24.5 Å². The van der Waals surface area contributed by atoms with Crippen molar-refractivity contribution in [1.29, 1.82) is 0 Å². The number of rotatable bonds is 7. The molecule has 102 valence electrons. The Morgan fingerprint density at radius 2 is 1.83 bits per heavy atom. The summed E-state index contributed by atoms with van der Waals surface area (Å²) in [7, 11) is 4.26. The van der Waals surface area contributed by atoms with Crippen molar-refractivity contribution < 1.29 is 0 Å². The minimum absolute atomic E-state index is 0.923. The van der Waals surface area contributed by atoms with Crippen LogP contribution in [0.2, 0.25) is 0 Å². The standard InChI is InChI=1S/C15H25BrN2/c1-5-8-18(10-9-17(3)4)15-7-6-13(2)11-14(15)12-16/h6-7,11H,5,8-10,12H2,1-4H3. The topological polar surface area (TPSA) is 6.48 Å². The van der Waals surface area contributed by atoms with E-state index in [-0.39, 0.29) is 0 Å². The highest BCUT2D eigenvalue weighted by Gasteiger charge is 2.10. The van der Waals surface area contributed by atoms with Gasteiger partial charge in [-0.25, -0.2) is 0 Å². The van der Waals surface area contributed by atoms with E-state index in [0.29, 0.717) is 0 Å². The van der Waals surface area contributed by atoms with E-state index >= 15 is 0 Å². The smallest absolute Gasteiger partial charge is 0.0407 e. The van der Waals surface area contributed by atoms with Gasteiger partial charge < -0.3 is 9.80 Å². The summed E-state index contributed by atoms with van der Waals surface area (Å²) in [5.41, 5.74) is 4.10. The van der Waals surface area contributed by atoms with Crippen molar-refractivity contribution in [3.05, 3.63) is 29.3 Å². The first-order chi connectivity index (χ1) is 8.58. The van der Waals surface area contributed by atoms with Gasteiger partial charge in [0.2, 0.25) is 0 Å². The van der Waals surface area contributed by atoms with Crippen LogP contribution in [-0.2, 0) is 5.33 Å². The number of hydrogen-bond acceptors (Lipinski definition) is 2. The minimum Gasteiger partial charge on any atom is -0.370 e. The Morgan fingerprint density at radius 3 is 2.39 bits per heavy atom. The highest BCUT2D eigenvalue weighted by molar-refractivity contribution is 9.08. The molecule has 18 heavy (non-hydrogen) atoms. The largest absolute Gasteiger partial charge is 0.370 e. The number of likely N-dealkylation sites (N-methyl/N-ethyl adjacent to an activating group) is 1. The van der Waals surface area contributed by atoms with Crippen LogP contribution in [0, 0.1) is 6.92 Å². The first-order valence-corrected chi connectivity index (χ1v) is 7.75. The SMILES string of the molecule is CCCN(CCN(C)C)c1ccc(C)cc1CBr. The zero-order chi connectivity index (χ0) is 13.5. The van der Waals surface area contributed by atoms with Gasteiger partial charge in [-0.1, -0.05) is 40.5 Å². The lowest BCUT2D eigenvalue weighted by atomic mass is 10.1. The molecule has 0 saturated heterocycles. The molecule has 0 spiro atoms. The molecule has 0 aliphatic carbocycles. The summed E-state index contributed by atoms with van der Waals surface area (Å²) in [6.07, 6.45) is 1.18. The molecule has 0 bridgehead atoms. The normalized spacial score (nSPS) is 11.0. The highest BCUT2D eigenvalue weighted by Crippen LogP contribution is 2.24. The molecule has 0 fully saturated rings. The molecule has 0 atom stereocenters. The van der Waals surface area contributed by atoms with Crippen LogP contribution in [0.5, 0.6) is 0 Å². The zero-order valence-electron chi connectivity index (χ0n) is 12.0. The van der Waals surface area contributed by atoms with Gasteiger partial charge in [-0.15, -0.1) is 0 Å². The first-order valence-electron chi connectivity index (χ1n) is 6.63. The summed E-state index contributed by atoms with van der Waals surface area (Å²) in [4.78, 5) is 4.74. The number of alkyl halides is 1. The zero-order valence-corrected chi connectivity index (χ0v) is 13.6.